The highest BCUT2D eigenvalue weighted by Crippen LogP contribution is 2.10. The molecule has 0 fully saturated rings. The lowest BCUT2D eigenvalue weighted by Gasteiger charge is -2.13. The average molecular weight is 301 g/mol. The van der Waals surface area contributed by atoms with Crippen LogP contribution in [0.4, 0.5) is 0 Å². The van der Waals surface area contributed by atoms with Crippen LogP contribution in [-0.2, 0) is 33.4 Å². The van der Waals surface area contributed by atoms with E-state index in [1.807, 2.05) is 0 Å². The first-order chi connectivity index (χ1) is 9.88. The van der Waals surface area contributed by atoms with Gasteiger partial charge in [-0.05, 0) is 20.8 Å². The maximum Gasteiger partial charge on any atom is 0.356 e. The highest BCUT2D eigenvalue weighted by molar-refractivity contribution is 6.19. The maximum atomic E-state index is 11.9. The van der Waals surface area contributed by atoms with Gasteiger partial charge in [0.25, 0.3) is 0 Å². The van der Waals surface area contributed by atoms with Gasteiger partial charge in [-0.15, -0.1) is 0 Å². The van der Waals surface area contributed by atoms with Gasteiger partial charge >= 0.3 is 17.9 Å². The number of hydrogen-bond donors (Lipinski definition) is 1. The Balaban J connectivity index is 5.85. The van der Waals surface area contributed by atoms with Crippen LogP contribution in [0, 0.1) is 0 Å². The SMILES string of the molecule is CCOC(=O)C(NC(C)=O)=C(C(=O)OCC)C(=O)OCC. The molecule has 0 aromatic heterocycles. The van der Waals surface area contributed by atoms with Gasteiger partial charge in [0.15, 0.2) is 5.57 Å². The third kappa shape index (κ3) is 6.07. The molecule has 21 heavy (non-hydrogen) atoms. The standard InChI is InChI=1S/C13H19NO7/c1-5-19-11(16)9(12(17)20-6-2)10(14-8(4)15)13(18)21-7-3/h5-7H2,1-4H3,(H,14,15). The largest absolute Gasteiger partial charge is 0.462 e. The van der Waals surface area contributed by atoms with E-state index < -0.39 is 35.1 Å². The molecule has 0 atom stereocenters. The first-order valence-electron chi connectivity index (χ1n) is 6.42. The maximum absolute atomic E-state index is 11.9. The molecule has 8 heteroatoms. The first-order valence-corrected chi connectivity index (χ1v) is 6.42. The third-order valence-corrected chi connectivity index (χ3v) is 1.99. The summed E-state index contributed by atoms with van der Waals surface area (Å²) in [5.41, 5.74) is -1.30. The van der Waals surface area contributed by atoms with Gasteiger partial charge in [0.2, 0.25) is 5.91 Å². The molecule has 0 spiro atoms. The molecular formula is C13H19NO7. The molecular weight excluding hydrogens is 282 g/mol. The molecule has 0 aliphatic carbocycles. The zero-order chi connectivity index (χ0) is 16.4. The van der Waals surface area contributed by atoms with Gasteiger partial charge in [-0.1, -0.05) is 0 Å². The van der Waals surface area contributed by atoms with Gasteiger partial charge in [-0.3, -0.25) is 4.79 Å². The van der Waals surface area contributed by atoms with E-state index in [4.69, 9.17) is 14.2 Å². The van der Waals surface area contributed by atoms with Gasteiger partial charge in [0.05, 0.1) is 19.8 Å². The van der Waals surface area contributed by atoms with E-state index in [9.17, 15) is 19.2 Å². The van der Waals surface area contributed by atoms with Crippen molar-refractivity contribution in [2.75, 3.05) is 19.8 Å². The van der Waals surface area contributed by atoms with Gasteiger partial charge < -0.3 is 19.5 Å². The Morgan fingerprint density at radius 3 is 1.48 bits per heavy atom. The molecule has 0 rings (SSSR count). The van der Waals surface area contributed by atoms with E-state index in [1.54, 1.807) is 0 Å². The topological polar surface area (TPSA) is 108 Å². The van der Waals surface area contributed by atoms with Crippen molar-refractivity contribution in [3.8, 4) is 0 Å². The molecule has 0 unspecified atom stereocenters. The van der Waals surface area contributed by atoms with Crippen LogP contribution < -0.4 is 5.32 Å². The van der Waals surface area contributed by atoms with Crippen LogP contribution in [0.1, 0.15) is 27.7 Å². The number of hydrogen-bond acceptors (Lipinski definition) is 7. The van der Waals surface area contributed by atoms with Gasteiger partial charge in [-0.25, -0.2) is 14.4 Å². The summed E-state index contributed by atoms with van der Waals surface area (Å²) < 4.78 is 14.1. The molecule has 0 aromatic carbocycles. The fraction of sp³-hybridized carbons (Fsp3) is 0.538. The van der Waals surface area contributed by atoms with E-state index in [2.05, 4.69) is 5.32 Å². The first kappa shape index (κ1) is 18.6. The van der Waals surface area contributed by atoms with E-state index in [0.717, 1.165) is 6.92 Å². The average Bonchev–Trinajstić information content (AvgIpc) is 2.38. The van der Waals surface area contributed by atoms with Crippen molar-refractivity contribution >= 4 is 23.8 Å². The molecule has 1 N–H and O–H groups in total. The van der Waals surface area contributed by atoms with Crippen molar-refractivity contribution in [2.45, 2.75) is 27.7 Å². The third-order valence-electron chi connectivity index (χ3n) is 1.99. The Morgan fingerprint density at radius 1 is 0.762 bits per heavy atom. The van der Waals surface area contributed by atoms with Crippen molar-refractivity contribution in [3.63, 3.8) is 0 Å². The smallest absolute Gasteiger partial charge is 0.356 e. The lowest BCUT2D eigenvalue weighted by molar-refractivity contribution is -0.148. The molecule has 118 valence electrons. The molecule has 8 nitrogen and oxygen atoms in total. The highest BCUT2D eigenvalue weighted by Gasteiger charge is 2.31. The quantitative estimate of drug-likeness (QED) is 0.233. The van der Waals surface area contributed by atoms with Crippen LogP contribution in [-0.4, -0.2) is 43.6 Å². The fourth-order valence-electron chi connectivity index (χ4n) is 1.29. The summed E-state index contributed by atoms with van der Waals surface area (Å²) in [4.78, 5) is 46.7. The molecule has 0 bridgehead atoms. The molecule has 0 aliphatic heterocycles. The zero-order valence-corrected chi connectivity index (χ0v) is 12.5. The molecule has 1 amide bonds. The van der Waals surface area contributed by atoms with Crippen LogP contribution in [0.25, 0.3) is 0 Å². The lowest BCUT2D eigenvalue weighted by Crippen LogP contribution is -2.33. The molecule has 0 saturated heterocycles. The molecule has 0 heterocycles. The van der Waals surface area contributed by atoms with E-state index in [-0.39, 0.29) is 19.8 Å². The minimum atomic E-state index is -1.08. The predicted molar refractivity (Wildman–Crippen MR) is 70.7 cm³/mol. The zero-order valence-electron chi connectivity index (χ0n) is 12.5. The fourth-order valence-corrected chi connectivity index (χ4v) is 1.29. The molecule has 0 aromatic rings. The van der Waals surface area contributed by atoms with Crippen molar-refractivity contribution in [1.29, 1.82) is 0 Å². The summed E-state index contributed by atoms with van der Waals surface area (Å²) in [5, 5.41) is 2.11. The van der Waals surface area contributed by atoms with E-state index >= 15 is 0 Å². The summed E-state index contributed by atoms with van der Waals surface area (Å²) in [5.74, 6) is -3.83. The number of rotatable bonds is 7. The van der Waals surface area contributed by atoms with Crippen molar-refractivity contribution in [1.82, 2.24) is 5.32 Å². The van der Waals surface area contributed by atoms with Crippen LogP contribution >= 0.6 is 0 Å². The number of amides is 1. The van der Waals surface area contributed by atoms with E-state index in [1.165, 1.54) is 20.8 Å². The van der Waals surface area contributed by atoms with Crippen LogP contribution in [0.15, 0.2) is 11.3 Å². The molecule has 0 saturated carbocycles. The van der Waals surface area contributed by atoms with Crippen LogP contribution in [0.2, 0.25) is 0 Å². The normalized spacial score (nSPS) is 9.33. The second-order valence-electron chi connectivity index (χ2n) is 3.59. The van der Waals surface area contributed by atoms with Crippen molar-refractivity contribution in [3.05, 3.63) is 11.3 Å². The van der Waals surface area contributed by atoms with E-state index in [0.29, 0.717) is 0 Å². The monoisotopic (exact) mass is 301 g/mol. The second-order valence-corrected chi connectivity index (χ2v) is 3.59. The minimum Gasteiger partial charge on any atom is -0.462 e. The minimum absolute atomic E-state index is 0.000842. The van der Waals surface area contributed by atoms with Crippen LogP contribution in [0.5, 0.6) is 0 Å². The number of carbonyl (C=O) groups is 4. The molecule has 0 radical (unpaired) electrons. The summed E-state index contributed by atoms with van der Waals surface area (Å²) in [6.45, 7) is 5.69. The van der Waals surface area contributed by atoms with Crippen LogP contribution in [0.3, 0.4) is 0 Å². The molecule has 0 aliphatic rings. The Kier molecular flexibility index (Phi) is 8.43. The highest BCUT2D eigenvalue weighted by atomic mass is 16.6. The summed E-state index contributed by atoms with van der Waals surface area (Å²) in [7, 11) is 0. The second kappa shape index (κ2) is 9.51. The van der Waals surface area contributed by atoms with Gasteiger partial charge in [0, 0.05) is 6.92 Å². The number of carbonyl (C=O) groups excluding carboxylic acids is 4. The predicted octanol–water partition coefficient (Wildman–Crippen LogP) is 0.0659. The lowest BCUT2D eigenvalue weighted by atomic mass is 10.2. The Morgan fingerprint density at radius 2 is 1.14 bits per heavy atom. The Labute approximate surface area is 122 Å². The number of ether oxygens (including phenoxy) is 3. The summed E-state index contributed by atoms with van der Waals surface area (Å²) >= 11 is 0. The van der Waals surface area contributed by atoms with Gasteiger partial charge in [-0.2, -0.15) is 0 Å². The Hall–Kier alpha value is -2.38. The van der Waals surface area contributed by atoms with Crippen molar-refractivity contribution < 1.29 is 33.4 Å². The van der Waals surface area contributed by atoms with Gasteiger partial charge in [0.1, 0.15) is 5.70 Å². The summed E-state index contributed by atoms with van der Waals surface area (Å²) in [6.07, 6.45) is 0. The summed E-state index contributed by atoms with van der Waals surface area (Å²) in [6, 6.07) is 0. The number of nitrogens with one attached hydrogen (secondary N) is 1. The Bertz CT molecular complexity index is 433. The van der Waals surface area contributed by atoms with Crippen molar-refractivity contribution in [2.24, 2.45) is 0 Å². The number of esters is 3.